The average Bonchev–Trinajstić information content (AvgIpc) is 3.06. The third-order valence-corrected chi connectivity index (χ3v) is 6.21. The number of hydrogen-bond acceptors (Lipinski definition) is 5. The van der Waals surface area contributed by atoms with E-state index in [1.54, 1.807) is 11.0 Å². The van der Waals surface area contributed by atoms with Gasteiger partial charge in [0.1, 0.15) is 12.7 Å². The van der Waals surface area contributed by atoms with E-state index >= 15 is 0 Å². The Labute approximate surface area is 169 Å². The van der Waals surface area contributed by atoms with E-state index in [9.17, 15) is 18.8 Å². The highest BCUT2D eigenvalue weighted by molar-refractivity contribution is 6.05. The minimum absolute atomic E-state index is 0.173. The zero-order valence-corrected chi connectivity index (χ0v) is 16.5. The maximum atomic E-state index is 13.2. The smallest absolute Gasteiger partial charge is 0.255 e. The van der Waals surface area contributed by atoms with Crippen LogP contribution in [0.3, 0.4) is 0 Å². The Morgan fingerprint density at radius 1 is 1.21 bits per heavy atom. The van der Waals surface area contributed by atoms with Crippen LogP contribution in [0.25, 0.3) is 0 Å². The fourth-order valence-corrected chi connectivity index (χ4v) is 4.66. The number of imide groups is 1. The molecule has 4 rings (SSSR count). The van der Waals surface area contributed by atoms with Crippen molar-refractivity contribution in [2.45, 2.75) is 50.9 Å². The van der Waals surface area contributed by atoms with E-state index in [0.717, 1.165) is 37.1 Å². The predicted octanol–water partition coefficient (Wildman–Crippen LogP) is 0.971. The third kappa shape index (κ3) is 4.04. The summed E-state index contributed by atoms with van der Waals surface area (Å²) in [4.78, 5) is 40.4. The summed E-state index contributed by atoms with van der Waals surface area (Å²) >= 11 is 0. The number of fused-ring (bicyclic) bond motifs is 1. The Hall–Kier alpha value is -2.32. The van der Waals surface area contributed by atoms with Crippen LogP contribution in [0.4, 0.5) is 4.39 Å². The van der Waals surface area contributed by atoms with Gasteiger partial charge in [0, 0.05) is 44.2 Å². The molecule has 3 aliphatic rings. The Bertz CT molecular complexity index is 809. The molecule has 0 radical (unpaired) electrons. The molecule has 0 aromatic heterocycles. The van der Waals surface area contributed by atoms with Crippen molar-refractivity contribution in [2.75, 3.05) is 26.3 Å². The number of alkyl halides is 1. The molecule has 1 aromatic carbocycles. The highest BCUT2D eigenvalue weighted by Gasteiger charge is 2.40. The number of rotatable bonds is 6. The summed E-state index contributed by atoms with van der Waals surface area (Å²) in [6, 6.07) is 5.28. The molecule has 0 spiro atoms. The van der Waals surface area contributed by atoms with Crippen molar-refractivity contribution in [3.8, 4) is 0 Å². The molecular formula is C21H27FN4O3. The fraction of sp³-hybridized carbons (Fsp3) is 0.571. The molecule has 2 fully saturated rings. The first-order valence-electron chi connectivity index (χ1n) is 10.3. The molecule has 1 aromatic rings. The Kier molecular flexibility index (Phi) is 5.91. The lowest BCUT2D eigenvalue weighted by Crippen LogP contribution is -2.52. The molecule has 2 saturated heterocycles. The van der Waals surface area contributed by atoms with E-state index in [2.05, 4.69) is 15.5 Å². The van der Waals surface area contributed by atoms with E-state index in [1.165, 1.54) is 0 Å². The topological polar surface area (TPSA) is 81.8 Å². The van der Waals surface area contributed by atoms with Gasteiger partial charge in [-0.25, -0.2) is 4.39 Å². The first kappa shape index (κ1) is 20.0. The summed E-state index contributed by atoms with van der Waals surface area (Å²) in [5.74, 6) is -0.872. The lowest BCUT2D eigenvalue weighted by atomic mass is 10.0. The van der Waals surface area contributed by atoms with Gasteiger partial charge < -0.3 is 10.2 Å². The van der Waals surface area contributed by atoms with Gasteiger partial charge in [-0.3, -0.25) is 24.6 Å². The van der Waals surface area contributed by atoms with Crippen molar-refractivity contribution in [3.05, 3.63) is 34.9 Å². The van der Waals surface area contributed by atoms with Crippen molar-refractivity contribution in [2.24, 2.45) is 0 Å². The number of hydrogen-bond donors (Lipinski definition) is 2. The van der Waals surface area contributed by atoms with Gasteiger partial charge >= 0.3 is 0 Å². The summed E-state index contributed by atoms with van der Waals surface area (Å²) in [6.45, 7) is 2.72. The number of benzene rings is 1. The number of amides is 3. The Morgan fingerprint density at radius 2 is 2.07 bits per heavy atom. The lowest BCUT2D eigenvalue weighted by molar-refractivity contribution is -0.136. The molecule has 0 bridgehead atoms. The molecule has 3 heterocycles. The number of carbonyl (C=O) groups is 3. The molecule has 156 valence electrons. The van der Waals surface area contributed by atoms with Gasteiger partial charge in [-0.1, -0.05) is 12.1 Å². The zero-order valence-electron chi connectivity index (χ0n) is 16.5. The molecule has 7 nitrogen and oxygen atoms in total. The number of halogens is 1. The first-order valence-corrected chi connectivity index (χ1v) is 10.3. The first-order chi connectivity index (χ1) is 14.1. The molecular weight excluding hydrogens is 375 g/mol. The van der Waals surface area contributed by atoms with Crippen LogP contribution in [0, 0.1) is 0 Å². The monoisotopic (exact) mass is 402 g/mol. The van der Waals surface area contributed by atoms with Crippen LogP contribution in [0.5, 0.6) is 0 Å². The second-order valence-electron chi connectivity index (χ2n) is 8.00. The summed E-state index contributed by atoms with van der Waals surface area (Å²) < 4.78 is 13.2. The average molecular weight is 402 g/mol. The standard InChI is InChI=1S/C21H27FN4O3/c22-8-10-25(15-4-2-9-23-11-15)12-14-3-1-5-16-17(14)13-26(21(16)29)18-6-7-19(27)24-20(18)28/h1,3,5,15,18,23H,2,4,6-13H2,(H,24,27,28). The number of nitrogens with one attached hydrogen (secondary N) is 2. The number of piperidine rings is 2. The normalized spacial score (nSPS) is 24.8. The third-order valence-electron chi connectivity index (χ3n) is 6.21. The zero-order chi connectivity index (χ0) is 20.4. The number of nitrogens with zero attached hydrogens (tertiary/aromatic N) is 2. The van der Waals surface area contributed by atoms with Crippen LogP contribution < -0.4 is 10.6 Å². The van der Waals surface area contributed by atoms with Gasteiger partial charge in [0.15, 0.2) is 0 Å². The fourth-order valence-electron chi connectivity index (χ4n) is 4.66. The van der Waals surface area contributed by atoms with E-state index in [1.807, 2.05) is 12.1 Å². The van der Waals surface area contributed by atoms with Gasteiger partial charge in [-0.15, -0.1) is 0 Å². The molecule has 0 aliphatic carbocycles. The van der Waals surface area contributed by atoms with Gasteiger partial charge in [0.25, 0.3) is 5.91 Å². The van der Waals surface area contributed by atoms with E-state index in [4.69, 9.17) is 0 Å². The summed E-state index contributed by atoms with van der Waals surface area (Å²) in [7, 11) is 0. The predicted molar refractivity (Wildman–Crippen MR) is 105 cm³/mol. The largest absolute Gasteiger partial charge is 0.322 e. The molecule has 3 amide bonds. The SMILES string of the molecule is O=C1CCC(N2Cc3c(CN(CCF)C4CCCNC4)cccc3C2=O)C(=O)N1. The van der Waals surface area contributed by atoms with E-state index in [-0.39, 0.29) is 24.3 Å². The van der Waals surface area contributed by atoms with Crippen LogP contribution in [-0.2, 0) is 22.7 Å². The highest BCUT2D eigenvalue weighted by atomic mass is 19.1. The second kappa shape index (κ2) is 8.59. The number of carbonyl (C=O) groups excluding carboxylic acids is 3. The molecule has 29 heavy (non-hydrogen) atoms. The molecule has 3 aliphatic heterocycles. The van der Waals surface area contributed by atoms with Crippen molar-refractivity contribution in [3.63, 3.8) is 0 Å². The van der Waals surface area contributed by atoms with Crippen molar-refractivity contribution < 1.29 is 18.8 Å². The maximum absolute atomic E-state index is 13.2. The summed E-state index contributed by atoms with van der Waals surface area (Å²) in [6.07, 6.45) is 2.69. The van der Waals surface area contributed by atoms with Crippen LogP contribution in [0.2, 0.25) is 0 Å². The van der Waals surface area contributed by atoms with Gasteiger partial charge in [-0.2, -0.15) is 0 Å². The minimum atomic E-state index is -0.620. The van der Waals surface area contributed by atoms with Crippen molar-refractivity contribution >= 4 is 17.7 Å². The minimum Gasteiger partial charge on any atom is -0.322 e. The van der Waals surface area contributed by atoms with E-state index in [0.29, 0.717) is 31.6 Å². The molecule has 8 heteroatoms. The van der Waals surface area contributed by atoms with Crippen LogP contribution in [0.1, 0.15) is 47.2 Å². The lowest BCUT2D eigenvalue weighted by Gasteiger charge is -2.34. The highest BCUT2D eigenvalue weighted by Crippen LogP contribution is 2.31. The van der Waals surface area contributed by atoms with Crippen LogP contribution >= 0.6 is 0 Å². The van der Waals surface area contributed by atoms with Crippen LogP contribution in [-0.4, -0.2) is 65.9 Å². The van der Waals surface area contributed by atoms with Crippen LogP contribution in [0.15, 0.2) is 18.2 Å². The Balaban J connectivity index is 1.54. The van der Waals surface area contributed by atoms with Crippen molar-refractivity contribution in [1.29, 1.82) is 0 Å². The van der Waals surface area contributed by atoms with Gasteiger partial charge in [0.2, 0.25) is 11.8 Å². The maximum Gasteiger partial charge on any atom is 0.255 e. The van der Waals surface area contributed by atoms with Crippen molar-refractivity contribution in [1.82, 2.24) is 20.4 Å². The summed E-state index contributed by atoms with van der Waals surface area (Å²) in [5, 5.41) is 5.71. The second-order valence-corrected chi connectivity index (χ2v) is 8.00. The van der Waals surface area contributed by atoms with E-state index < -0.39 is 18.6 Å². The molecule has 2 N–H and O–H groups in total. The quantitative estimate of drug-likeness (QED) is 0.693. The van der Waals surface area contributed by atoms with Gasteiger partial charge in [0.05, 0.1) is 0 Å². The van der Waals surface area contributed by atoms with Gasteiger partial charge in [-0.05, 0) is 43.0 Å². The molecule has 2 unspecified atom stereocenters. The molecule has 2 atom stereocenters. The molecule has 0 saturated carbocycles. The Morgan fingerprint density at radius 3 is 2.79 bits per heavy atom. The summed E-state index contributed by atoms with van der Waals surface area (Å²) in [5.41, 5.74) is 2.52.